The highest BCUT2D eigenvalue weighted by molar-refractivity contribution is 5.95. The van der Waals surface area contributed by atoms with E-state index in [-0.39, 0.29) is 11.5 Å². The van der Waals surface area contributed by atoms with Gasteiger partial charge in [-0.3, -0.25) is 9.59 Å². The molecule has 0 aliphatic rings. The molecule has 3 rings (SSSR count). The Bertz CT molecular complexity index is 1020. The maximum absolute atomic E-state index is 12.1. The molecule has 1 N–H and O–H groups in total. The molecule has 3 aromatic rings. The monoisotopic (exact) mass is 377 g/mol. The lowest BCUT2D eigenvalue weighted by atomic mass is 10.1. The number of rotatable bonds is 6. The number of carbonyl (C=O) groups is 3. The van der Waals surface area contributed by atoms with Crippen molar-refractivity contribution in [3.8, 4) is 11.3 Å². The molecule has 1 amide bonds. The number of hydrogen-bond donors (Lipinski definition) is 1. The summed E-state index contributed by atoms with van der Waals surface area (Å²) in [6.07, 6.45) is 0. The molecule has 0 unspecified atom stereocenters. The quantitative estimate of drug-likeness (QED) is 0.513. The fourth-order valence-corrected chi connectivity index (χ4v) is 2.59. The van der Waals surface area contributed by atoms with Crippen LogP contribution < -0.4 is 5.32 Å². The molecule has 1 heterocycles. The number of esters is 1. The summed E-state index contributed by atoms with van der Waals surface area (Å²) >= 11 is 0. The lowest BCUT2D eigenvalue weighted by Crippen LogP contribution is -2.20. The van der Waals surface area contributed by atoms with Gasteiger partial charge in [0.05, 0.1) is 0 Å². The zero-order valence-corrected chi connectivity index (χ0v) is 15.5. The summed E-state index contributed by atoms with van der Waals surface area (Å²) < 4.78 is 10.5. The van der Waals surface area contributed by atoms with Crippen LogP contribution in [0.5, 0.6) is 0 Å². The maximum Gasteiger partial charge on any atom is 0.374 e. The summed E-state index contributed by atoms with van der Waals surface area (Å²) in [7, 11) is 0. The van der Waals surface area contributed by atoms with Gasteiger partial charge in [-0.25, -0.2) is 4.79 Å². The number of amides is 1. The number of furan rings is 1. The fourth-order valence-electron chi connectivity index (χ4n) is 2.59. The number of ether oxygens (including phenoxy) is 1. The van der Waals surface area contributed by atoms with Crippen LogP contribution in [0.15, 0.2) is 65.1 Å². The molecular weight excluding hydrogens is 358 g/mol. The molecular formula is C22H19NO5. The minimum atomic E-state index is -0.731. The van der Waals surface area contributed by atoms with Crippen LogP contribution in [0, 0.1) is 6.92 Å². The molecule has 0 saturated heterocycles. The summed E-state index contributed by atoms with van der Waals surface area (Å²) in [6, 6.07) is 17.3. The average molecular weight is 377 g/mol. The van der Waals surface area contributed by atoms with Gasteiger partial charge in [0.2, 0.25) is 5.76 Å². The topological polar surface area (TPSA) is 85.6 Å². The van der Waals surface area contributed by atoms with Crippen LogP contribution in [0.3, 0.4) is 0 Å². The number of nitrogens with one attached hydrogen (secondary N) is 1. The summed E-state index contributed by atoms with van der Waals surface area (Å²) in [4.78, 5) is 35.4. The molecule has 0 atom stereocenters. The van der Waals surface area contributed by atoms with E-state index in [4.69, 9.17) is 9.15 Å². The second-order valence-electron chi connectivity index (χ2n) is 6.29. The Labute approximate surface area is 162 Å². The largest absolute Gasteiger partial charge is 0.450 e. The predicted molar refractivity (Wildman–Crippen MR) is 104 cm³/mol. The summed E-state index contributed by atoms with van der Waals surface area (Å²) in [5, 5.41) is 2.66. The minimum Gasteiger partial charge on any atom is -0.450 e. The minimum absolute atomic E-state index is 0.00556. The Morgan fingerprint density at radius 1 is 1.00 bits per heavy atom. The van der Waals surface area contributed by atoms with Gasteiger partial charge in [0.15, 0.2) is 12.4 Å². The normalized spacial score (nSPS) is 10.4. The first-order valence-electron chi connectivity index (χ1n) is 8.67. The van der Waals surface area contributed by atoms with E-state index in [1.54, 1.807) is 36.4 Å². The number of ketones is 1. The van der Waals surface area contributed by atoms with Gasteiger partial charge >= 0.3 is 5.97 Å². The fraction of sp³-hybridized carbons (Fsp3) is 0.136. The molecule has 0 aliphatic heterocycles. The molecule has 142 valence electrons. The van der Waals surface area contributed by atoms with Crippen molar-refractivity contribution in [3.63, 3.8) is 0 Å². The SMILES string of the molecule is CC(=O)c1ccc(-c2ccc(C(=O)OCC(=O)Nc3cccc(C)c3)o2)cc1. The Hall–Kier alpha value is -3.67. The number of anilines is 1. The molecule has 1 aromatic heterocycles. The summed E-state index contributed by atoms with van der Waals surface area (Å²) in [6.45, 7) is 2.99. The van der Waals surface area contributed by atoms with E-state index in [1.807, 2.05) is 25.1 Å². The van der Waals surface area contributed by atoms with Gasteiger partial charge in [-0.1, -0.05) is 36.4 Å². The molecule has 28 heavy (non-hydrogen) atoms. The Kier molecular flexibility index (Phi) is 5.69. The lowest BCUT2D eigenvalue weighted by Gasteiger charge is -2.06. The van der Waals surface area contributed by atoms with Crippen LogP contribution in [-0.2, 0) is 9.53 Å². The molecule has 6 nitrogen and oxygen atoms in total. The highest BCUT2D eigenvalue weighted by atomic mass is 16.5. The Morgan fingerprint density at radius 2 is 1.75 bits per heavy atom. The van der Waals surface area contributed by atoms with Crippen molar-refractivity contribution < 1.29 is 23.5 Å². The van der Waals surface area contributed by atoms with Crippen molar-refractivity contribution in [3.05, 3.63) is 77.6 Å². The number of hydrogen-bond acceptors (Lipinski definition) is 5. The molecule has 2 aromatic carbocycles. The van der Waals surface area contributed by atoms with Crippen LogP contribution in [-0.4, -0.2) is 24.3 Å². The molecule has 0 saturated carbocycles. The van der Waals surface area contributed by atoms with Gasteiger partial charge in [0.25, 0.3) is 5.91 Å². The van der Waals surface area contributed by atoms with Crippen molar-refractivity contribution in [2.24, 2.45) is 0 Å². The molecule has 0 aliphatic carbocycles. The van der Waals surface area contributed by atoms with Gasteiger partial charge < -0.3 is 14.5 Å². The summed E-state index contributed by atoms with van der Waals surface area (Å²) in [5.74, 6) is -0.740. The van der Waals surface area contributed by atoms with E-state index in [0.29, 0.717) is 17.0 Å². The highest BCUT2D eigenvalue weighted by Crippen LogP contribution is 2.23. The predicted octanol–water partition coefficient (Wildman–Crippen LogP) is 4.25. The molecule has 0 spiro atoms. The van der Waals surface area contributed by atoms with E-state index >= 15 is 0 Å². The number of Topliss-reactive ketones (excluding diaryl/α,β-unsaturated/α-hetero) is 1. The second-order valence-corrected chi connectivity index (χ2v) is 6.29. The zero-order valence-electron chi connectivity index (χ0n) is 15.5. The molecule has 0 fully saturated rings. The van der Waals surface area contributed by atoms with Crippen LogP contribution in [0.25, 0.3) is 11.3 Å². The maximum atomic E-state index is 12.1. The Morgan fingerprint density at radius 3 is 2.43 bits per heavy atom. The third-order valence-electron chi connectivity index (χ3n) is 4.02. The van der Waals surface area contributed by atoms with Gasteiger partial charge in [-0.15, -0.1) is 0 Å². The lowest BCUT2D eigenvalue weighted by molar-refractivity contribution is -0.119. The van der Waals surface area contributed by atoms with E-state index in [1.165, 1.54) is 13.0 Å². The van der Waals surface area contributed by atoms with Crippen molar-refractivity contribution >= 4 is 23.3 Å². The van der Waals surface area contributed by atoms with Gasteiger partial charge in [-0.2, -0.15) is 0 Å². The first-order chi connectivity index (χ1) is 13.4. The van der Waals surface area contributed by atoms with E-state index in [9.17, 15) is 14.4 Å². The number of benzene rings is 2. The third kappa shape index (κ3) is 4.73. The van der Waals surface area contributed by atoms with Gasteiger partial charge in [0.1, 0.15) is 5.76 Å². The third-order valence-corrected chi connectivity index (χ3v) is 4.02. The van der Waals surface area contributed by atoms with Crippen molar-refractivity contribution in [2.45, 2.75) is 13.8 Å². The number of carbonyl (C=O) groups excluding carboxylic acids is 3. The van der Waals surface area contributed by atoms with Crippen LogP contribution >= 0.6 is 0 Å². The molecule has 0 bridgehead atoms. The van der Waals surface area contributed by atoms with Crippen LogP contribution in [0.2, 0.25) is 0 Å². The van der Waals surface area contributed by atoms with Crippen molar-refractivity contribution in [1.29, 1.82) is 0 Å². The standard InChI is InChI=1S/C22H19NO5/c1-14-4-3-5-18(12-14)23-21(25)13-27-22(26)20-11-10-19(28-20)17-8-6-16(7-9-17)15(2)24/h3-12H,13H2,1-2H3,(H,23,25). The van der Waals surface area contributed by atoms with E-state index < -0.39 is 18.5 Å². The highest BCUT2D eigenvalue weighted by Gasteiger charge is 2.15. The number of aryl methyl sites for hydroxylation is 1. The first kappa shape index (κ1) is 19.1. The Balaban J connectivity index is 1.58. The van der Waals surface area contributed by atoms with Crippen molar-refractivity contribution in [1.82, 2.24) is 0 Å². The van der Waals surface area contributed by atoms with Crippen molar-refractivity contribution in [2.75, 3.05) is 11.9 Å². The van der Waals surface area contributed by atoms with Gasteiger partial charge in [0, 0.05) is 16.8 Å². The summed E-state index contributed by atoms with van der Waals surface area (Å²) in [5.41, 5.74) is 2.96. The molecule has 6 heteroatoms. The smallest absolute Gasteiger partial charge is 0.374 e. The second kappa shape index (κ2) is 8.35. The average Bonchev–Trinajstić information content (AvgIpc) is 3.16. The van der Waals surface area contributed by atoms with Gasteiger partial charge in [-0.05, 0) is 43.7 Å². The van der Waals surface area contributed by atoms with E-state index in [0.717, 1.165) is 11.1 Å². The molecule has 0 radical (unpaired) electrons. The zero-order chi connectivity index (χ0) is 20.1. The van der Waals surface area contributed by atoms with Crippen LogP contribution in [0.1, 0.15) is 33.4 Å². The first-order valence-corrected chi connectivity index (χ1v) is 8.67. The van der Waals surface area contributed by atoms with Crippen LogP contribution in [0.4, 0.5) is 5.69 Å². The van der Waals surface area contributed by atoms with E-state index in [2.05, 4.69) is 5.32 Å².